The fourth-order valence-electron chi connectivity index (χ4n) is 7.58. The second kappa shape index (κ2) is 18.1. The zero-order valence-electron chi connectivity index (χ0n) is 32.1. The third-order valence-corrected chi connectivity index (χ3v) is 13.7. The van der Waals surface area contributed by atoms with Gasteiger partial charge < -0.3 is 20.2 Å². The number of carbonyl (C=O) groups is 3. The summed E-state index contributed by atoms with van der Waals surface area (Å²) >= 11 is 3.37. The lowest BCUT2D eigenvalue weighted by Gasteiger charge is -2.49. The van der Waals surface area contributed by atoms with E-state index in [9.17, 15) is 18.6 Å². The van der Waals surface area contributed by atoms with Crippen molar-refractivity contribution in [1.29, 1.82) is 0 Å². The molecule has 3 atom stereocenters. The summed E-state index contributed by atoms with van der Waals surface area (Å²) in [7, 11) is -0.337. The van der Waals surface area contributed by atoms with Crippen LogP contribution in [0.25, 0.3) is 0 Å². The van der Waals surface area contributed by atoms with Crippen molar-refractivity contribution in [3.63, 3.8) is 0 Å². The van der Waals surface area contributed by atoms with E-state index >= 15 is 0 Å². The number of carbonyl (C=O) groups excluding carboxylic acids is 3. The molecule has 0 spiro atoms. The van der Waals surface area contributed by atoms with Crippen LogP contribution in [-0.4, -0.2) is 66.3 Å². The van der Waals surface area contributed by atoms with E-state index in [-0.39, 0.29) is 22.9 Å². The Kier molecular flexibility index (Phi) is 12.3. The number of β-lactam (4-membered cyclic amide) rings is 1. The lowest BCUT2D eigenvalue weighted by Crippen LogP contribution is -2.74. The zero-order chi connectivity index (χ0) is 41.6. The first-order valence-electron chi connectivity index (χ1n) is 19.0. The number of rotatable bonds is 14. The molecule has 0 saturated carbocycles. The van der Waals surface area contributed by atoms with E-state index < -0.39 is 51.6 Å². The van der Waals surface area contributed by atoms with Crippen molar-refractivity contribution < 1.29 is 28.2 Å². The maximum Gasteiger partial charge on any atom is 0.356 e. The number of hydrogen-bond acceptors (Lipinski definition) is 10. The van der Waals surface area contributed by atoms with E-state index in [4.69, 9.17) is 14.6 Å². The first-order valence-corrected chi connectivity index (χ1v) is 22.7. The van der Waals surface area contributed by atoms with Crippen LogP contribution in [0, 0.1) is 0 Å². The van der Waals surface area contributed by atoms with E-state index in [1.807, 2.05) is 115 Å². The number of thiazole rings is 1. The molecule has 2 aliphatic rings. The molecular formula is C46H38IN5O6S2. The molecular weight excluding hydrogens is 910 g/mol. The summed E-state index contributed by atoms with van der Waals surface area (Å²) in [4.78, 5) is 53.4. The van der Waals surface area contributed by atoms with Gasteiger partial charge in [-0.2, -0.15) is 0 Å². The average Bonchev–Trinajstić information content (AvgIpc) is 3.77. The van der Waals surface area contributed by atoms with Gasteiger partial charge in [0.2, 0.25) is 0 Å². The molecule has 5 aromatic carbocycles. The highest BCUT2D eigenvalue weighted by Crippen LogP contribution is 2.41. The second-order valence-corrected chi connectivity index (χ2v) is 17.1. The molecule has 11 nitrogen and oxygen atoms in total. The first kappa shape index (κ1) is 40.8. The van der Waals surface area contributed by atoms with Gasteiger partial charge in [-0.25, -0.2) is 9.78 Å². The Morgan fingerprint density at radius 1 is 0.850 bits per heavy atom. The summed E-state index contributed by atoms with van der Waals surface area (Å²) in [5.41, 5.74) is 4.11. The summed E-state index contributed by atoms with van der Waals surface area (Å²) in [6, 6.07) is 47.5. The molecule has 2 amide bonds. The molecule has 2 unspecified atom stereocenters. The van der Waals surface area contributed by atoms with Crippen molar-refractivity contribution in [3.05, 3.63) is 202 Å². The number of ether oxygens (including phenoxy) is 1. The van der Waals surface area contributed by atoms with Crippen molar-refractivity contribution in [3.8, 4) is 0 Å². The summed E-state index contributed by atoms with van der Waals surface area (Å²) in [5, 5.41) is 11.6. The number of alkyl halides is 1. The number of nitrogens with zero attached hydrogens (tertiary/aromatic N) is 3. The number of fused-ring (bicyclic) bond motifs is 1. The molecule has 8 rings (SSSR count). The number of anilines is 1. The van der Waals surface area contributed by atoms with Crippen LogP contribution in [0.1, 0.15) is 39.6 Å². The van der Waals surface area contributed by atoms with E-state index in [1.54, 1.807) is 5.38 Å². The highest BCUT2D eigenvalue weighted by molar-refractivity contribution is 14.1. The number of hydrogen-bond donors (Lipinski definition) is 2. The number of oxime groups is 1. The highest BCUT2D eigenvalue weighted by Gasteiger charge is 2.57. The predicted molar refractivity (Wildman–Crippen MR) is 241 cm³/mol. The zero-order valence-corrected chi connectivity index (χ0v) is 35.9. The van der Waals surface area contributed by atoms with Crippen molar-refractivity contribution >= 4 is 73.4 Å². The lowest BCUT2D eigenvalue weighted by atomic mass is 9.77. The summed E-state index contributed by atoms with van der Waals surface area (Å²) in [5.74, 6) is -2.05. The van der Waals surface area contributed by atoms with Crippen LogP contribution in [0.3, 0.4) is 0 Å². The molecule has 1 saturated heterocycles. The van der Waals surface area contributed by atoms with Gasteiger partial charge in [0.05, 0.1) is 16.6 Å². The molecule has 0 radical (unpaired) electrons. The number of benzene rings is 5. The van der Waals surface area contributed by atoms with Gasteiger partial charge in [-0.3, -0.25) is 18.7 Å². The fraction of sp³-hybridized carbons (Fsp3) is 0.152. The molecule has 1 fully saturated rings. The van der Waals surface area contributed by atoms with Gasteiger partial charge in [0.25, 0.3) is 11.8 Å². The standard InChI is InChI=1S/C46H38IN5O6S2/c1-57-51-37(36-28-59-45(48-36)50-46(33-21-11-4-12-22-33,34-23-13-5-14-24-34)35-25-15-6-16-26-35)41(53)49-38-42(54)52-39(32(27-47)29-60(56)43(38)52)44(55)58-40(30-17-7-2-8-18-30)31-19-9-3-10-20-31/h2-26,28,38,40,43H,27,29H2,1H3,(H,48,50)(H,49,53)/b51-37+/t38?,43-,60?/m1/s1. The van der Waals surface area contributed by atoms with Gasteiger partial charge in [-0.05, 0) is 33.4 Å². The minimum absolute atomic E-state index is 0.0294. The van der Waals surface area contributed by atoms with Crippen LogP contribution in [0.15, 0.2) is 173 Å². The van der Waals surface area contributed by atoms with Crippen molar-refractivity contribution in [1.82, 2.24) is 15.2 Å². The number of amides is 2. The van der Waals surface area contributed by atoms with Gasteiger partial charge in [0.1, 0.15) is 35.5 Å². The topological polar surface area (TPSA) is 139 Å². The quantitative estimate of drug-likeness (QED) is 0.0220. The van der Waals surface area contributed by atoms with E-state index in [0.29, 0.717) is 15.1 Å². The Hall–Kier alpha value is -5.97. The molecule has 2 N–H and O–H groups in total. The number of aromatic nitrogens is 1. The summed E-state index contributed by atoms with van der Waals surface area (Å²) in [6.45, 7) is 0. The Labute approximate surface area is 367 Å². The average molecular weight is 948 g/mol. The van der Waals surface area contributed by atoms with E-state index in [1.165, 1.54) is 23.3 Å². The molecule has 2 aliphatic heterocycles. The molecule has 60 heavy (non-hydrogen) atoms. The van der Waals surface area contributed by atoms with Gasteiger partial charge in [-0.1, -0.05) is 179 Å². The largest absolute Gasteiger partial charge is 0.448 e. The number of esters is 1. The molecule has 3 heterocycles. The van der Waals surface area contributed by atoms with Crippen molar-refractivity contribution in [2.45, 2.75) is 23.1 Å². The SMILES string of the molecule is CO/N=C(/C(=O)NC1C(=O)N2C(C(=O)OC(c3ccccc3)c3ccccc3)=C(CI)CS(=O)[C@H]12)c1csc(NC(c2ccccc2)(c2ccccc2)c2ccccc2)n1. The minimum Gasteiger partial charge on any atom is -0.448 e. The second-order valence-electron chi connectivity index (χ2n) is 13.9. The van der Waals surface area contributed by atoms with Crippen LogP contribution in [0.5, 0.6) is 0 Å². The van der Waals surface area contributed by atoms with Crippen LogP contribution in [-0.2, 0) is 40.3 Å². The Morgan fingerprint density at radius 3 is 1.83 bits per heavy atom. The summed E-state index contributed by atoms with van der Waals surface area (Å²) < 4.78 is 20.3. The van der Waals surface area contributed by atoms with Crippen LogP contribution in [0.4, 0.5) is 5.13 Å². The fourth-order valence-corrected chi connectivity index (χ4v) is 11.0. The number of nitrogens with one attached hydrogen (secondary N) is 2. The van der Waals surface area contributed by atoms with Crippen molar-refractivity contribution in [2.75, 3.05) is 22.6 Å². The molecule has 1 aromatic heterocycles. The van der Waals surface area contributed by atoms with Crippen LogP contribution < -0.4 is 10.6 Å². The third kappa shape index (κ3) is 7.89. The van der Waals surface area contributed by atoms with E-state index in [2.05, 4.69) is 74.8 Å². The van der Waals surface area contributed by atoms with Gasteiger partial charge >= 0.3 is 5.97 Å². The molecule has 302 valence electrons. The van der Waals surface area contributed by atoms with Crippen LogP contribution >= 0.6 is 33.9 Å². The molecule has 14 heteroatoms. The monoisotopic (exact) mass is 947 g/mol. The smallest absolute Gasteiger partial charge is 0.356 e. The van der Waals surface area contributed by atoms with Gasteiger partial charge in [-0.15, -0.1) is 11.3 Å². The lowest BCUT2D eigenvalue weighted by molar-refractivity contribution is -0.154. The van der Waals surface area contributed by atoms with Crippen molar-refractivity contribution in [2.24, 2.45) is 5.16 Å². The molecule has 6 aromatic rings. The Morgan fingerprint density at radius 2 is 1.35 bits per heavy atom. The predicted octanol–water partition coefficient (Wildman–Crippen LogP) is 7.33. The van der Waals surface area contributed by atoms with Crippen LogP contribution in [0.2, 0.25) is 0 Å². The maximum atomic E-state index is 14.1. The van der Waals surface area contributed by atoms with Gasteiger partial charge in [0.15, 0.2) is 16.9 Å². The summed E-state index contributed by atoms with van der Waals surface area (Å²) in [6.07, 6.45) is -0.760. The Bertz CT molecular complexity index is 2440. The third-order valence-electron chi connectivity index (χ3n) is 10.3. The maximum absolute atomic E-state index is 14.1. The number of halogens is 1. The minimum atomic E-state index is -1.65. The van der Waals surface area contributed by atoms with E-state index in [0.717, 1.165) is 27.8 Å². The highest BCUT2D eigenvalue weighted by atomic mass is 127. The normalized spacial score (nSPS) is 17.7. The molecule has 0 aliphatic carbocycles. The Balaban J connectivity index is 1.05. The van der Waals surface area contributed by atoms with Gasteiger partial charge in [0, 0.05) is 9.81 Å². The molecule has 0 bridgehead atoms. The first-order chi connectivity index (χ1) is 29.3.